The molecule has 2 amide bonds. The van der Waals surface area contributed by atoms with Crippen molar-refractivity contribution in [2.45, 2.75) is 0 Å². The zero-order chi connectivity index (χ0) is 24.2. The second-order valence-corrected chi connectivity index (χ2v) is 7.05. The summed E-state index contributed by atoms with van der Waals surface area (Å²) in [6, 6.07) is 16.7. The number of nitro benzene ring substituents is 1. The summed E-state index contributed by atoms with van der Waals surface area (Å²) >= 11 is 0. The predicted octanol–water partition coefficient (Wildman–Crippen LogP) is 5.17. The largest absolute Gasteiger partial charge is 0.493 e. The molecular weight excluding hydrogens is 440 g/mol. The molecule has 4 aromatic rings. The van der Waals surface area contributed by atoms with Crippen LogP contribution in [0, 0.1) is 10.1 Å². The molecule has 2 N–H and O–H groups in total. The minimum absolute atomic E-state index is 0.0647. The highest BCUT2D eigenvalue weighted by atomic mass is 16.6. The highest BCUT2D eigenvalue weighted by Gasteiger charge is 2.24. The van der Waals surface area contributed by atoms with Gasteiger partial charge in [0.05, 0.1) is 30.3 Å². The van der Waals surface area contributed by atoms with E-state index >= 15 is 0 Å². The quantitative estimate of drug-likeness (QED) is 0.297. The third kappa shape index (κ3) is 4.24. The van der Waals surface area contributed by atoms with E-state index in [1.807, 2.05) is 0 Å². The normalized spacial score (nSPS) is 10.5. The highest BCUT2D eigenvalue weighted by molar-refractivity contribution is 6.00. The lowest BCUT2D eigenvalue weighted by Crippen LogP contribution is -2.31. The van der Waals surface area contributed by atoms with Gasteiger partial charge in [0.15, 0.2) is 11.5 Å². The number of nitro groups is 1. The number of nitrogens with two attached hydrogens (primary N) is 1. The van der Waals surface area contributed by atoms with Crippen molar-refractivity contribution in [3.8, 4) is 23.0 Å². The third-order valence-electron chi connectivity index (χ3n) is 5.07. The van der Waals surface area contributed by atoms with Crippen LogP contribution in [0.5, 0.6) is 23.0 Å². The first-order valence-corrected chi connectivity index (χ1v) is 10.0. The summed E-state index contributed by atoms with van der Waals surface area (Å²) in [7, 11) is 3.09. The summed E-state index contributed by atoms with van der Waals surface area (Å²) in [6.07, 6.45) is 1.61. The first-order chi connectivity index (χ1) is 16.4. The van der Waals surface area contributed by atoms with Gasteiger partial charge in [0.2, 0.25) is 0 Å². The van der Waals surface area contributed by atoms with Crippen LogP contribution < -0.4 is 24.8 Å². The Balaban J connectivity index is 1.68. The minimum Gasteiger partial charge on any atom is -0.493 e. The van der Waals surface area contributed by atoms with Crippen LogP contribution in [0.25, 0.3) is 10.9 Å². The van der Waals surface area contributed by atoms with Crippen molar-refractivity contribution in [2.75, 3.05) is 19.1 Å². The van der Waals surface area contributed by atoms with Gasteiger partial charge in [-0.25, -0.2) is 4.79 Å². The number of hydrogen-bond donors (Lipinski definition) is 1. The zero-order valence-electron chi connectivity index (χ0n) is 18.3. The Bertz CT molecular complexity index is 1370. The summed E-state index contributed by atoms with van der Waals surface area (Å²) in [5, 5.41) is 12.1. The van der Waals surface area contributed by atoms with E-state index in [0.29, 0.717) is 39.6 Å². The molecule has 3 aromatic carbocycles. The van der Waals surface area contributed by atoms with E-state index in [4.69, 9.17) is 19.9 Å². The van der Waals surface area contributed by atoms with E-state index in [9.17, 15) is 14.9 Å². The molecule has 0 atom stereocenters. The second kappa shape index (κ2) is 9.33. The minimum atomic E-state index is -0.857. The Labute approximate surface area is 194 Å². The number of rotatable bonds is 7. The van der Waals surface area contributed by atoms with E-state index in [2.05, 4.69) is 4.98 Å². The Hall–Kier alpha value is -4.86. The fraction of sp³-hybridized carbons (Fsp3) is 0.0833. The molecule has 0 aliphatic rings. The number of carbonyl (C=O) groups is 1. The molecule has 34 heavy (non-hydrogen) atoms. The van der Waals surface area contributed by atoms with Crippen LogP contribution in [0.4, 0.5) is 21.9 Å². The summed E-state index contributed by atoms with van der Waals surface area (Å²) in [4.78, 5) is 28.4. The smallest absolute Gasteiger partial charge is 0.324 e. The molecule has 172 valence electrons. The molecule has 0 aliphatic carbocycles. The first-order valence-electron chi connectivity index (χ1n) is 10.0. The Kier molecular flexibility index (Phi) is 6.13. The van der Waals surface area contributed by atoms with Crippen LogP contribution >= 0.6 is 0 Å². The van der Waals surface area contributed by atoms with Crippen LogP contribution in [0.15, 0.2) is 72.9 Å². The van der Waals surface area contributed by atoms with Crippen LogP contribution in [-0.4, -0.2) is 30.2 Å². The monoisotopic (exact) mass is 460 g/mol. The van der Waals surface area contributed by atoms with Crippen molar-refractivity contribution in [1.29, 1.82) is 0 Å². The molecule has 0 fully saturated rings. The van der Waals surface area contributed by atoms with Gasteiger partial charge in [-0.1, -0.05) is 12.1 Å². The van der Waals surface area contributed by atoms with Gasteiger partial charge in [-0.05, 0) is 42.5 Å². The molecule has 0 radical (unpaired) electrons. The summed E-state index contributed by atoms with van der Waals surface area (Å²) in [6.45, 7) is 0. The van der Waals surface area contributed by atoms with Crippen LogP contribution in [0.2, 0.25) is 0 Å². The van der Waals surface area contributed by atoms with Crippen molar-refractivity contribution in [3.63, 3.8) is 0 Å². The van der Waals surface area contributed by atoms with Gasteiger partial charge >= 0.3 is 6.03 Å². The van der Waals surface area contributed by atoms with Crippen LogP contribution in [0.1, 0.15) is 0 Å². The Morgan fingerprint density at radius 1 is 0.971 bits per heavy atom. The van der Waals surface area contributed by atoms with E-state index in [1.165, 1.54) is 18.2 Å². The highest BCUT2D eigenvalue weighted by Crippen LogP contribution is 2.38. The number of para-hydroxylation sites is 2. The number of amides is 2. The van der Waals surface area contributed by atoms with Crippen LogP contribution in [0.3, 0.4) is 0 Å². The maximum atomic E-state index is 12.2. The fourth-order valence-electron chi connectivity index (χ4n) is 3.52. The summed E-state index contributed by atoms with van der Waals surface area (Å²) in [5.41, 5.74) is 6.37. The number of methoxy groups -OCH3 is 2. The number of urea groups is 1. The number of hydrogen-bond acceptors (Lipinski definition) is 7. The lowest BCUT2D eigenvalue weighted by Gasteiger charge is -2.20. The molecule has 10 nitrogen and oxygen atoms in total. The number of primary amides is 1. The lowest BCUT2D eigenvalue weighted by molar-refractivity contribution is -0.384. The molecule has 0 saturated carbocycles. The molecule has 4 rings (SSSR count). The van der Waals surface area contributed by atoms with Crippen molar-refractivity contribution in [3.05, 3.63) is 83.0 Å². The average molecular weight is 460 g/mol. The molecular formula is C24H20N4O6. The van der Waals surface area contributed by atoms with Crippen molar-refractivity contribution in [2.24, 2.45) is 5.73 Å². The van der Waals surface area contributed by atoms with Gasteiger partial charge in [-0.3, -0.25) is 20.0 Å². The standard InChI is InChI=1S/C24H20N4O6/c1-32-22-13-17-18(14-23(22)33-2)26-12-11-21(17)34-16-9-7-15(8-10-16)27(24(25)29)19-5-3-4-6-20(19)28(30)31/h3-14H,1-2H3,(H2,25,29). The Morgan fingerprint density at radius 2 is 1.65 bits per heavy atom. The summed E-state index contributed by atoms with van der Waals surface area (Å²) in [5.74, 6) is 2.08. The van der Waals surface area contributed by atoms with Crippen molar-refractivity contribution < 1.29 is 23.9 Å². The fourth-order valence-corrected chi connectivity index (χ4v) is 3.52. The molecule has 0 unspecified atom stereocenters. The molecule has 1 heterocycles. The molecule has 0 spiro atoms. The molecule has 0 aliphatic heterocycles. The number of ether oxygens (including phenoxy) is 3. The van der Waals surface area contributed by atoms with Crippen molar-refractivity contribution in [1.82, 2.24) is 4.98 Å². The SMILES string of the molecule is COc1cc2nccc(Oc3ccc(N(C(N)=O)c4ccccc4[N+](=O)[O-])cc3)c2cc1OC. The lowest BCUT2D eigenvalue weighted by atomic mass is 10.1. The maximum Gasteiger partial charge on any atom is 0.324 e. The molecule has 10 heteroatoms. The van der Waals surface area contributed by atoms with Gasteiger partial charge in [0, 0.05) is 23.7 Å². The van der Waals surface area contributed by atoms with Gasteiger partial charge in [0.25, 0.3) is 5.69 Å². The second-order valence-electron chi connectivity index (χ2n) is 7.05. The van der Waals surface area contributed by atoms with Gasteiger partial charge in [0.1, 0.15) is 17.2 Å². The maximum absolute atomic E-state index is 12.2. The molecule has 0 saturated heterocycles. The number of benzene rings is 3. The number of fused-ring (bicyclic) bond motifs is 1. The number of pyridine rings is 1. The number of nitrogens with zero attached hydrogens (tertiary/aromatic N) is 3. The summed E-state index contributed by atoms with van der Waals surface area (Å²) < 4.78 is 16.8. The van der Waals surface area contributed by atoms with Gasteiger partial charge in [-0.15, -0.1) is 0 Å². The zero-order valence-corrected chi connectivity index (χ0v) is 18.3. The number of aromatic nitrogens is 1. The van der Waals surface area contributed by atoms with Crippen LogP contribution in [-0.2, 0) is 0 Å². The first kappa shape index (κ1) is 22.3. The van der Waals surface area contributed by atoms with E-state index in [0.717, 1.165) is 4.90 Å². The Morgan fingerprint density at radius 3 is 2.29 bits per heavy atom. The molecule has 0 bridgehead atoms. The molecule has 1 aromatic heterocycles. The topological polar surface area (TPSA) is 130 Å². The van der Waals surface area contributed by atoms with E-state index in [1.54, 1.807) is 68.9 Å². The van der Waals surface area contributed by atoms with E-state index < -0.39 is 11.0 Å². The predicted molar refractivity (Wildman–Crippen MR) is 126 cm³/mol. The van der Waals surface area contributed by atoms with Crippen molar-refractivity contribution >= 4 is 34.0 Å². The van der Waals surface area contributed by atoms with Gasteiger partial charge < -0.3 is 19.9 Å². The van der Waals surface area contributed by atoms with E-state index in [-0.39, 0.29) is 11.4 Å². The third-order valence-corrected chi connectivity index (χ3v) is 5.07. The number of carbonyl (C=O) groups excluding carboxylic acids is 1. The van der Waals surface area contributed by atoms with Gasteiger partial charge in [-0.2, -0.15) is 0 Å². The number of anilines is 2. The average Bonchev–Trinajstić information content (AvgIpc) is 2.84.